The highest BCUT2D eigenvalue weighted by atomic mass is 32.1. The third kappa shape index (κ3) is 4.80. The zero-order chi connectivity index (χ0) is 12.8. The van der Waals surface area contributed by atoms with Crippen LogP contribution in [0.1, 0.15) is 15.6 Å². The van der Waals surface area contributed by atoms with Crippen molar-refractivity contribution in [3.63, 3.8) is 0 Å². The van der Waals surface area contributed by atoms with Gasteiger partial charge in [-0.15, -0.1) is 11.3 Å². The Balaban J connectivity index is 2.52. The van der Waals surface area contributed by atoms with Crippen LogP contribution in [0, 0.1) is 6.92 Å². The number of aryl methyl sites for hydroxylation is 1. The van der Waals surface area contributed by atoms with Crippen molar-refractivity contribution in [3.8, 4) is 0 Å². The monoisotopic (exact) mass is 258 g/mol. The minimum atomic E-state index is -0.819. The highest BCUT2D eigenvalue weighted by Crippen LogP contribution is 2.19. The van der Waals surface area contributed by atoms with Crippen LogP contribution in [-0.2, 0) is 17.6 Å². The lowest BCUT2D eigenvalue weighted by atomic mass is 10.3. The zero-order valence-electron chi connectivity index (χ0n) is 10.1. The number of carboxylic acid groups (broad SMARTS) is 1. The van der Waals surface area contributed by atoms with Gasteiger partial charge in [0.1, 0.15) is 0 Å². The van der Waals surface area contributed by atoms with E-state index in [1.165, 1.54) is 11.3 Å². The molecule has 0 radical (unpaired) electrons. The maximum atomic E-state index is 10.6. The van der Waals surface area contributed by atoms with Crippen molar-refractivity contribution in [3.05, 3.63) is 15.6 Å². The molecule has 17 heavy (non-hydrogen) atoms. The first-order chi connectivity index (χ1) is 8.02. The van der Waals surface area contributed by atoms with E-state index < -0.39 is 5.97 Å². The van der Waals surface area contributed by atoms with Gasteiger partial charge in [-0.05, 0) is 14.0 Å². The second-order valence-corrected chi connectivity index (χ2v) is 5.13. The first-order valence-electron chi connectivity index (χ1n) is 5.49. The lowest BCUT2D eigenvalue weighted by Gasteiger charge is -2.13. The number of likely N-dealkylation sites (N-methyl/N-ethyl adjacent to an activating group) is 1. The minimum Gasteiger partial charge on any atom is -0.481 e. The molecule has 1 rings (SSSR count). The van der Waals surface area contributed by atoms with Gasteiger partial charge in [-0.3, -0.25) is 4.79 Å². The summed E-state index contributed by atoms with van der Waals surface area (Å²) >= 11 is 1.47. The lowest BCUT2D eigenvalue weighted by Crippen LogP contribution is -2.24. The minimum absolute atomic E-state index is 0.0516. The number of thiazole rings is 1. The third-order valence-corrected chi connectivity index (χ3v) is 3.66. The Morgan fingerprint density at radius 2 is 2.18 bits per heavy atom. The van der Waals surface area contributed by atoms with Crippen LogP contribution in [0.25, 0.3) is 0 Å². The van der Waals surface area contributed by atoms with Gasteiger partial charge in [0.2, 0.25) is 0 Å². The molecule has 0 atom stereocenters. The Morgan fingerprint density at radius 3 is 2.76 bits per heavy atom. The summed E-state index contributed by atoms with van der Waals surface area (Å²) in [4.78, 5) is 17.8. The van der Waals surface area contributed by atoms with Crippen molar-refractivity contribution in [2.75, 3.05) is 26.7 Å². The number of aliphatic hydroxyl groups excluding tert-OH is 1. The van der Waals surface area contributed by atoms with Gasteiger partial charge < -0.3 is 15.1 Å². The van der Waals surface area contributed by atoms with Gasteiger partial charge in [0, 0.05) is 24.4 Å². The fourth-order valence-electron chi connectivity index (χ4n) is 1.47. The molecule has 2 N–H and O–H groups in total. The number of aliphatic carboxylic acids is 1. The SMILES string of the molecule is Cc1nc(CCN(C)CCO)sc1CC(=O)O. The van der Waals surface area contributed by atoms with Crippen LogP contribution in [0.4, 0.5) is 0 Å². The van der Waals surface area contributed by atoms with Crippen LogP contribution in [-0.4, -0.2) is 52.8 Å². The van der Waals surface area contributed by atoms with E-state index in [0.29, 0.717) is 6.54 Å². The van der Waals surface area contributed by atoms with E-state index >= 15 is 0 Å². The summed E-state index contributed by atoms with van der Waals surface area (Å²) in [5.74, 6) is -0.819. The summed E-state index contributed by atoms with van der Waals surface area (Å²) in [6, 6.07) is 0. The number of carbonyl (C=O) groups is 1. The number of aromatic nitrogens is 1. The first-order valence-corrected chi connectivity index (χ1v) is 6.31. The average Bonchev–Trinajstić information content (AvgIpc) is 2.56. The zero-order valence-corrected chi connectivity index (χ0v) is 11.0. The van der Waals surface area contributed by atoms with Crippen LogP contribution in [0.3, 0.4) is 0 Å². The molecule has 5 nitrogen and oxygen atoms in total. The highest BCUT2D eigenvalue weighted by molar-refractivity contribution is 7.11. The number of hydrogen-bond donors (Lipinski definition) is 2. The smallest absolute Gasteiger partial charge is 0.308 e. The molecule has 0 aliphatic rings. The quantitative estimate of drug-likeness (QED) is 0.747. The largest absolute Gasteiger partial charge is 0.481 e. The number of rotatable bonds is 7. The molecule has 0 unspecified atom stereocenters. The molecule has 0 aliphatic carbocycles. The summed E-state index contributed by atoms with van der Waals surface area (Å²) < 4.78 is 0. The number of aliphatic hydroxyl groups is 1. The van der Waals surface area contributed by atoms with E-state index in [1.54, 1.807) is 0 Å². The van der Waals surface area contributed by atoms with Crippen molar-refractivity contribution in [2.45, 2.75) is 19.8 Å². The topological polar surface area (TPSA) is 73.7 Å². The molecule has 96 valence electrons. The van der Waals surface area contributed by atoms with Crippen molar-refractivity contribution < 1.29 is 15.0 Å². The predicted molar refractivity (Wildman–Crippen MR) is 66.5 cm³/mol. The molecule has 0 fully saturated rings. The summed E-state index contributed by atoms with van der Waals surface area (Å²) in [6.07, 6.45) is 0.845. The van der Waals surface area contributed by atoms with Gasteiger partial charge in [-0.2, -0.15) is 0 Å². The maximum absolute atomic E-state index is 10.6. The van der Waals surface area contributed by atoms with Gasteiger partial charge in [-0.25, -0.2) is 4.98 Å². The van der Waals surface area contributed by atoms with E-state index in [4.69, 9.17) is 10.2 Å². The summed E-state index contributed by atoms with van der Waals surface area (Å²) in [5, 5.41) is 18.5. The van der Waals surface area contributed by atoms with Crippen LogP contribution in [0.15, 0.2) is 0 Å². The molecule has 1 aromatic heterocycles. The van der Waals surface area contributed by atoms with Crippen molar-refractivity contribution in [2.24, 2.45) is 0 Å². The molecule has 0 saturated heterocycles. The molecule has 0 amide bonds. The molecule has 1 aromatic rings. The summed E-state index contributed by atoms with van der Waals surface area (Å²) in [6.45, 7) is 3.46. The Labute approximate surface area is 105 Å². The molecule has 0 aliphatic heterocycles. The van der Waals surface area contributed by atoms with Gasteiger partial charge >= 0.3 is 5.97 Å². The number of nitrogens with zero attached hydrogens (tertiary/aromatic N) is 2. The fourth-order valence-corrected chi connectivity index (χ4v) is 2.51. The van der Waals surface area contributed by atoms with E-state index in [0.717, 1.165) is 28.5 Å². The normalized spacial score (nSPS) is 11.1. The van der Waals surface area contributed by atoms with E-state index in [2.05, 4.69) is 4.98 Å². The second-order valence-electron chi connectivity index (χ2n) is 3.96. The molecular formula is C11H18N2O3S. The summed E-state index contributed by atoms with van der Waals surface area (Å²) in [7, 11) is 1.94. The number of hydrogen-bond acceptors (Lipinski definition) is 5. The van der Waals surface area contributed by atoms with Crippen molar-refractivity contribution >= 4 is 17.3 Å². The third-order valence-electron chi connectivity index (χ3n) is 2.44. The van der Waals surface area contributed by atoms with E-state index in [-0.39, 0.29) is 13.0 Å². The molecule has 0 bridgehead atoms. The molecule has 1 heterocycles. The van der Waals surface area contributed by atoms with Crippen molar-refractivity contribution in [1.29, 1.82) is 0 Å². The fraction of sp³-hybridized carbons (Fsp3) is 0.636. The second kappa shape index (κ2) is 6.68. The van der Waals surface area contributed by atoms with Crippen LogP contribution < -0.4 is 0 Å². The highest BCUT2D eigenvalue weighted by Gasteiger charge is 2.11. The Morgan fingerprint density at radius 1 is 1.47 bits per heavy atom. The Bertz CT molecular complexity index is 379. The Hall–Kier alpha value is -0.980. The molecule has 0 aromatic carbocycles. The van der Waals surface area contributed by atoms with E-state index in [9.17, 15) is 4.79 Å². The summed E-state index contributed by atoms with van der Waals surface area (Å²) in [5.41, 5.74) is 0.817. The van der Waals surface area contributed by atoms with Gasteiger partial charge in [0.15, 0.2) is 0 Å². The predicted octanol–water partition coefficient (Wildman–Crippen LogP) is 0.545. The molecule has 0 spiro atoms. The van der Waals surface area contributed by atoms with Crippen LogP contribution in [0.2, 0.25) is 0 Å². The van der Waals surface area contributed by atoms with Gasteiger partial charge in [0.05, 0.1) is 23.7 Å². The van der Waals surface area contributed by atoms with Crippen LogP contribution in [0.5, 0.6) is 0 Å². The lowest BCUT2D eigenvalue weighted by molar-refractivity contribution is -0.136. The van der Waals surface area contributed by atoms with Gasteiger partial charge in [-0.1, -0.05) is 0 Å². The molecule has 6 heteroatoms. The standard InChI is InChI=1S/C11H18N2O3S/c1-8-9(7-11(15)16)17-10(12-8)3-4-13(2)5-6-14/h14H,3-7H2,1-2H3,(H,15,16). The first kappa shape index (κ1) is 14.1. The number of carboxylic acids is 1. The maximum Gasteiger partial charge on any atom is 0.308 e. The average molecular weight is 258 g/mol. The van der Waals surface area contributed by atoms with E-state index in [1.807, 2.05) is 18.9 Å². The van der Waals surface area contributed by atoms with Gasteiger partial charge in [0.25, 0.3) is 0 Å². The van der Waals surface area contributed by atoms with Crippen LogP contribution >= 0.6 is 11.3 Å². The molecule has 0 saturated carbocycles. The Kier molecular flexibility index (Phi) is 5.54. The van der Waals surface area contributed by atoms with Crippen molar-refractivity contribution in [1.82, 2.24) is 9.88 Å². The molecular weight excluding hydrogens is 240 g/mol.